The smallest absolute Gasteiger partial charge is 0.373 e. The van der Waals surface area contributed by atoms with Crippen LogP contribution in [0.15, 0.2) is 30.3 Å². The molecule has 42 heavy (non-hydrogen) atoms. The molecule has 1 aromatic carbocycles. The van der Waals surface area contributed by atoms with E-state index in [2.05, 4.69) is 4.74 Å². The fourth-order valence-corrected chi connectivity index (χ4v) is 4.03. The van der Waals surface area contributed by atoms with Crippen LogP contribution in [0.1, 0.15) is 56.9 Å². The van der Waals surface area contributed by atoms with Crippen LogP contribution in [-0.2, 0) is 11.2 Å². The molecule has 1 atom stereocenters. The maximum Gasteiger partial charge on any atom is 0.384 e. The molecule has 1 aromatic rings. The Morgan fingerprint density at radius 2 is 0.881 bits per heavy atom. The Hall–Kier alpha value is -1.94. The molecule has 0 bridgehead atoms. The lowest BCUT2D eigenvalue weighted by Gasteiger charge is -2.43. The lowest BCUT2D eigenvalue weighted by Crippen LogP contribution is -2.74. The number of unbranched alkanes of at least 4 members (excludes halogenated alkanes) is 5. The van der Waals surface area contributed by atoms with Gasteiger partial charge in [0.05, 0.1) is 12.7 Å². The first kappa shape index (κ1) is 36.3. The highest BCUT2D eigenvalue weighted by atomic mass is 19.4. The topological polar surface area (TPSA) is 12.5 Å². The van der Waals surface area contributed by atoms with Gasteiger partial charge in [-0.2, -0.15) is 70.2 Å². The molecule has 0 aliphatic carbocycles. The van der Waals surface area contributed by atoms with E-state index < -0.39 is 79.4 Å². The summed E-state index contributed by atoms with van der Waals surface area (Å²) in [6.45, 7) is -0.753. The van der Waals surface area contributed by atoms with Crippen molar-refractivity contribution in [3.05, 3.63) is 35.9 Å². The van der Waals surface area contributed by atoms with Crippen molar-refractivity contribution in [1.29, 1.82) is 0 Å². The molecule has 2 rings (SSSR count). The van der Waals surface area contributed by atoms with Crippen LogP contribution in [0, 0.1) is 0 Å². The van der Waals surface area contributed by atoms with Gasteiger partial charge in [-0.25, -0.2) is 0 Å². The molecule has 1 aliphatic rings. The Bertz CT molecular complexity index is 1000. The molecule has 0 saturated carbocycles. The van der Waals surface area contributed by atoms with Gasteiger partial charge in [-0.3, -0.25) is 0 Å². The number of benzene rings is 1. The van der Waals surface area contributed by atoms with Crippen LogP contribution >= 0.6 is 0 Å². The summed E-state index contributed by atoms with van der Waals surface area (Å²) in [7, 11) is 0. The summed E-state index contributed by atoms with van der Waals surface area (Å²) in [4.78, 5) is 0. The van der Waals surface area contributed by atoms with Crippen molar-refractivity contribution < 1.29 is 75.0 Å². The molecule has 1 fully saturated rings. The summed E-state index contributed by atoms with van der Waals surface area (Å²) >= 11 is 0. The molecule has 0 aromatic heterocycles. The highest BCUT2D eigenvalue weighted by Crippen LogP contribution is 2.64. The molecule has 1 saturated heterocycles. The minimum atomic E-state index is -8.37. The predicted octanol–water partition coefficient (Wildman–Crippen LogP) is 9.83. The van der Waals surface area contributed by atoms with Crippen molar-refractivity contribution in [2.24, 2.45) is 0 Å². The summed E-state index contributed by atoms with van der Waals surface area (Å²) < 4.78 is 227. The zero-order chi connectivity index (χ0) is 32.5. The van der Waals surface area contributed by atoms with E-state index in [-0.39, 0.29) is 12.8 Å². The van der Waals surface area contributed by atoms with E-state index in [4.69, 9.17) is 0 Å². The zero-order valence-corrected chi connectivity index (χ0v) is 21.5. The molecule has 0 N–H and O–H groups in total. The van der Waals surface area contributed by atoms with Crippen molar-refractivity contribution in [3.63, 3.8) is 0 Å². The first-order chi connectivity index (χ1) is 18.9. The molecule has 1 heterocycles. The SMILES string of the molecule is FC(F)(CCCCCCCCc1ccccc1)C(F)(F)C(F)(F)C(F)(F)C(F)(F)C(F)(F)C(F)(F)C(F)(F)CC1CO1. The van der Waals surface area contributed by atoms with Crippen LogP contribution in [0.25, 0.3) is 0 Å². The molecule has 0 spiro atoms. The first-order valence-electron chi connectivity index (χ1n) is 12.6. The summed E-state index contributed by atoms with van der Waals surface area (Å²) in [6, 6.07) is 9.04. The number of halogens is 16. The average molecular weight is 646 g/mol. The van der Waals surface area contributed by atoms with Gasteiger partial charge in [-0.15, -0.1) is 0 Å². The maximum absolute atomic E-state index is 14.0. The molecule has 0 radical (unpaired) electrons. The van der Waals surface area contributed by atoms with E-state index in [1.807, 2.05) is 12.1 Å². The molecule has 244 valence electrons. The van der Waals surface area contributed by atoms with E-state index in [1.54, 1.807) is 18.2 Å². The molecule has 1 nitrogen and oxygen atoms in total. The normalized spacial score (nSPS) is 18.0. The zero-order valence-electron chi connectivity index (χ0n) is 21.5. The third-order valence-electron chi connectivity index (χ3n) is 6.83. The van der Waals surface area contributed by atoms with Gasteiger partial charge >= 0.3 is 47.4 Å². The van der Waals surface area contributed by atoms with E-state index in [0.29, 0.717) is 25.7 Å². The highest BCUT2D eigenvalue weighted by Gasteiger charge is 2.94. The van der Waals surface area contributed by atoms with Gasteiger partial charge in [0.25, 0.3) is 0 Å². The fraction of sp³-hybridized carbons (Fsp3) is 0.760. The number of epoxide rings is 1. The Morgan fingerprint density at radius 1 is 0.500 bits per heavy atom. The van der Waals surface area contributed by atoms with Gasteiger partial charge in [-0.1, -0.05) is 56.0 Å². The maximum atomic E-state index is 14.0. The number of alkyl halides is 16. The monoisotopic (exact) mass is 646 g/mol. The van der Waals surface area contributed by atoms with Crippen molar-refractivity contribution in [2.75, 3.05) is 6.61 Å². The summed E-state index contributed by atoms with van der Waals surface area (Å²) in [5.41, 5.74) is 0.991. The average Bonchev–Trinajstić information content (AvgIpc) is 3.68. The number of aryl methyl sites for hydroxylation is 1. The fourth-order valence-electron chi connectivity index (χ4n) is 4.03. The van der Waals surface area contributed by atoms with Crippen molar-refractivity contribution in [1.82, 2.24) is 0 Å². The minimum Gasteiger partial charge on any atom is -0.373 e. The van der Waals surface area contributed by atoms with Crippen LogP contribution in [0.3, 0.4) is 0 Å². The molecule has 1 unspecified atom stereocenters. The highest BCUT2D eigenvalue weighted by molar-refractivity contribution is 5.16. The number of ether oxygens (including phenoxy) is 1. The summed E-state index contributed by atoms with van der Waals surface area (Å²) in [5.74, 6) is -60.5. The Balaban J connectivity index is 2.08. The van der Waals surface area contributed by atoms with Crippen molar-refractivity contribution >= 4 is 0 Å². The van der Waals surface area contributed by atoms with Gasteiger partial charge in [0, 0.05) is 12.8 Å². The van der Waals surface area contributed by atoms with Crippen molar-refractivity contribution in [2.45, 2.75) is 111 Å². The lowest BCUT2D eigenvalue weighted by atomic mass is 9.86. The van der Waals surface area contributed by atoms with Crippen LogP contribution < -0.4 is 0 Å². The van der Waals surface area contributed by atoms with Crippen molar-refractivity contribution in [3.8, 4) is 0 Å². The first-order valence-corrected chi connectivity index (χ1v) is 12.6. The Morgan fingerprint density at radius 3 is 1.33 bits per heavy atom. The second-order valence-electron chi connectivity index (χ2n) is 10.1. The van der Waals surface area contributed by atoms with Gasteiger partial charge < -0.3 is 4.74 Å². The summed E-state index contributed by atoms with van der Waals surface area (Å²) in [5, 5.41) is 0. The second-order valence-corrected chi connectivity index (χ2v) is 10.1. The third-order valence-corrected chi connectivity index (χ3v) is 6.83. The summed E-state index contributed by atoms with van der Waals surface area (Å²) in [6.07, 6.45) is -5.75. The Kier molecular flexibility index (Phi) is 10.5. The standard InChI is InChI=1S/C25H26F16O/c26-18(27,13-9-4-2-1-3-6-10-16-11-7-5-8-12-16)20(30,31)22(34,35)24(38,39)25(40,41)23(36,37)21(32,33)19(28,29)14-17-15-42-17/h5,7-8,11-12,17H,1-4,6,9-10,13-15H2. The van der Waals surface area contributed by atoms with Crippen LogP contribution in [-0.4, -0.2) is 60.1 Å². The number of hydrogen-bond acceptors (Lipinski definition) is 1. The lowest BCUT2D eigenvalue weighted by molar-refractivity contribution is -0.453. The molecule has 1 aliphatic heterocycles. The quantitative estimate of drug-likeness (QED) is 0.0879. The predicted molar refractivity (Wildman–Crippen MR) is 116 cm³/mol. The van der Waals surface area contributed by atoms with Gasteiger partial charge in [0.2, 0.25) is 0 Å². The van der Waals surface area contributed by atoms with Gasteiger partial charge in [0.1, 0.15) is 0 Å². The molecule has 0 amide bonds. The number of rotatable bonds is 18. The molecular weight excluding hydrogens is 620 g/mol. The third kappa shape index (κ3) is 6.59. The van der Waals surface area contributed by atoms with Gasteiger partial charge in [0.15, 0.2) is 0 Å². The van der Waals surface area contributed by atoms with Crippen LogP contribution in [0.5, 0.6) is 0 Å². The molecule has 17 heteroatoms. The largest absolute Gasteiger partial charge is 0.384 e. The van der Waals surface area contributed by atoms with E-state index in [1.165, 1.54) is 0 Å². The Labute approximate surface area is 229 Å². The number of hydrogen-bond donors (Lipinski definition) is 0. The van der Waals surface area contributed by atoms with Crippen LogP contribution in [0.4, 0.5) is 70.2 Å². The van der Waals surface area contributed by atoms with E-state index in [0.717, 1.165) is 5.56 Å². The van der Waals surface area contributed by atoms with E-state index in [9.17, 15) is 70.2 Å². The van der Waals surface area contributed by atoms with E-state index >= 15 is 0 Å². The second kappa shape index (κ2) is 12.2. The van der Waals surface area contributed by atoms with Gasteiger partial charge in [-0.05, 0) is 24.8 Å². The minimum absolute atomic E-state index is 0.0858. The van der Waals surface area contributed by atoms with Crippen LogP contribution in [0.2, 0.25) is 0 Å². The molecular formula is C25H26F16O.